The standard InChI is InChI=1S/C25H26NO8P.C22H32N4O8S2.C9H17N3O4S2.3CH4/c1-4-15-31-25(29)22-23(16(2)21-20(17(3)27)24(28)26(21)22)34-35(30,32-18-11-7-5-8-12-18)33-19-13-9-6-10-14-19;1-5-7-33-21(29)18-19(12(3)17-16(13(4)27)20(28)26(17)18)35-15-9-14(10-24-36(23,31)32)25(11-15)22(30)34-8-6-2;1-2-3-16-9(13)12-6-8(17)4-7(12)5-11-18(10,14)15;;;/h4-14,16-17,20-21,27H,1,15H2,2-3H3;5-6,12-17,24,27H,1-2,7-11H2,3-4H3,(H2,23,31,32);2,7-8,11,17H,1,3-6H2,(H2,10,14,15);3*1H4/t16-,17-,20-,21-;12-,13-,14+,15+,16-,17-;7-,8-;;;/m110.../s1. The zero-order chi connectivity index (χ0) is 65.7. The van der Waals surface area contributed by atoms with Gasteiger partial charge in [-0.1, -0.05) is 123 Å². The van der Waals surface area contributed by atoms with Gasteiger partial charge in [0.25, 0.3) is 20.4 Å². The first-order valence-corrected chi connectivity index (χ1v) is 33.8. The summed E-state index contributed by atoms with van der Waals surface area (Å²) in [7, 11) is -12.2. The highest BCUT2D eigenvalue weighted by atomic mass is 32.2. The van der Waals surface area contributed by atoms with Gasteiger partial charge in [0.15, 0.2) is 5.70 Å². The van der Waals surface area contributed by atoms with E-state index in [0.717, 1.165) is 0 Å². The number of amides is 4. The van der Waals surface area contributed by atoms with E-state index in [-0.39, 0.29) is 131 Å². The number of fused-ring (bicyclic) bond motifs is 2. The smallest absolute Gasteiger partial charge is 0.457 e. The van der Waals surface area contributed by atoms with Crippen LogP contribution in [-0.2, 0) is 67.6 Å². The molecule has 4 amide bonds. The summed E-state index contributed by atoms with van der Waals surface area (Å²) in [6, 6.07) is 14.8. The number of nitrogens with two attached hydrogens (primary N) is 2. The average Bonchev–Trinajstić information content (AvgIpc) is 1.54. The van der Waals surface area contributed by atoms with Gasteiger partial charge in [0.2, 0.25) is 11.8 Å². The number of carbonyl (C=O) groups is 6. The lowest BCUT2D eigenvalue weighted by Crippen LogP contribution is -2.63. The second kappa shape index (κ2) is 35.0. The second-order valence-corrected chi connectivity index (χ2v) is 27.3. The number of aliphatic hydroxyl groups excluding tert-OH is 2. The molecule has 12 atom stereocenters. The average molecular weight is 1390 g/mol. The molecule has 2 aromatic carbocycles. The van der Waals surface area contributed by atoms with Crippen molar-refractivity contribution >= 4 is 88.6 Å². The van der Waals surface area contributed by atoms with Gasteiger partial charge in [0, 0.05) is 65.5 Å². The molecular formula is C59H87N8O20PS4. The molecule has 33 heteroatoms. The van der Waals surface area contributed by atoms with E-state index >= 15 is 0 Å². The summed E-state index contributed by atoms with van der Waals surface area (Å²) >= 11 is 5.62. The number of rotatable bonds is 26. The summed E-state index contributed by atoms with van der Waals surface area (Å²) < 4.78 is 101. The highest BCUT2D eigenvalue weighted by Crippen LogP contribution is 2.57. The Labute approximate surface area is 548 Å². The number of phosphoric acid groups is 1. The van der Waals surface area contributed by atoms with Crippen LogP contribution in [0.1, 0.15) is 62.8 Å². The van der Waals surface area contributed by atoms with Gasteiger partial charge in [-0.05, 0) is 51.0 Å². The predicted octanol–water partition coefficient (Wildman–Crippen LogP) is 5.53. The zero-order valence-corrected chi connectivity index (χ0v) is 53.5. The fourth-order valence-electron chi connectivity index (χ4n) is 10.8. The Bertz CT molecular complexity index is 3260. The lowest BCUT2D eigenvalue weighted by atomic mass is 9.79. The van der Waals surface area contributed by atoms with Crippen molar-refractivity contribution in [1.29, 1.82) is 0 Å². The van der Waals surface area contributed by atoms with Crippen molar-refractivity contribution in [1.82, 2.24) is 29.0 Å². The SMILES string of the molecule is C.C.C.C=CCOC(=O)C1=C(OP(=O)(Oc2ccccc2)Oc2ccccc2)[C@H](C)[C@@H]2[C@@H]([C@@H](C)O)C(=O)N12.C=CCOC(=O)C1=C(S[C@H]2C[C@@H](CNS(N)(=O)=O)N(C(=O)OCC=C)C2)[C@H](C)[C@@H]2[C@@H]([C@@H](C)O)C(=O)N12.C=CCOC(=O)N1C[C@@H](S)C[C@H]1CNS(N)(=O)=O. The number of hydrogen-bond acceptors (Lipinski definition) is 22. The van der Waals surface area contributed by atoms with Crippen LogP contribution < -0.4 is 28.8 Å². The number of nitrogens with zero attached hydrogens (tertiary/aromatic N) is 4. The first kappa shape index (κ1) is 79.5. The number of para-hydroxylation sites is 2. The van der Waals surface area contributed by atoms with Gasteiger partial charge < -0.3 is 57.4 Å². The van der Waals surface area contributed by atoms with Crippen molar-refractivity contribution in [2.45, 2.75) is 110 Å². The zero-order valence-electron chi connectivity index (χ0n) is 49.2. The van der Waals surface area contributed by atoms with E-state index in [2.05, 4.69) is 48.4 Å². The molecule has 0 spiro atoms. The van der Waals surface area contributed by atoms with Gasteiger partial charge in [-0.3, -0.25) is 14.5 Å². The first-order valence-electron chi connectivity index (χ1n) is 27.8. The second-order valence-electron chi connectivity index (χ2n) is 21.1. The molecule has 512 valence electrons. The quantitative estimate of drug-likeness (QED) is 0.0152. The Kier molecular flexibility index (Phi) is 30.2. The monoisotopic (exact) mass is 1390 g/mol. The Morgan fingerprint density at radius 3 is 1.47 bits per heavy atom. The Morgan fingerprint density at radius 2 is 1.04 bits per heavy atom. The molecule has 4 fully saturated rings. The van der Waals surface area contributed by atoms with Crippen LogP contribution in [0.5, 0.6) is 11.5 Å². The molecular weight excluding hydrogens is 1300 g/mol. The number of thioether (sulfide) groups is 1. The number of hydrogen-bond donors (Lipinski definition) is 7. The topological polar surface area (TPSA) is 382 Å². The van der Waals surface area contributed by atoms with Crippen LogP contribution in [0.25, 0.3) is 0 Å². The number of phosphoric ester groups is 1. The van der Waals surface area contributed by atoms with Crippen LogP contribution in [0, 0.1) is 23.7 Å². The number of aliphatic hydroxyl groups is 2. The third-order valence-corrected chi connectivity index (χ3v) is 18.9. The van der Waals surface area contributed by atoms with E-state index in [1.54, 1.807) is 74.5 Å². The van der Waals surface area contributed by atoms with Crippen LogP contribution in [0.2, 0.25) is 0 Å². The van der Waals surface area contributed by atoms with Crippen LogP contribution in [0.3, 0.4) is 0 Å². The molecule has 8 N–H and O–H groups in total. The van der Waals surface area contributed by atoms with Crippen molar-refractivity contribution in [2.24, 2.45) is 33.9 Å². The van der Waals surface area contributed by atoms with E-state index in [1.807, 2.05) is 6.92 Å². The van der Waals surface area contributed by atoms with Crippen LogP contribution in [0.4, 0.5) is 9.59 Å². The van der Waals surface area contributed by atoms with Crippen LogP contribution in [0.15, 0.2) is 133 Å². The minimum atomic E-state index is -4.43. The maximum absolute atomic E-state index is 13.9. The highest BCUT2D eigenvalue weighted by Gasteiger charge is 2.63. The van der Waals surface area contributed by atoms with Crippen LogP contribution >= 0.6 is 32.2 Å². The van der Waals surface area contributed by atoms with Gasteiger partial charge in [-0.15, -0.1) is 11.8 Å². The third-order valence-electron chi connectivity index (χ3n) is 14.6. The van der Waals surface area contributed by atoms with Gasteiger partial charge in [0.05, 0.1) is 36.1 Å². The van der Waals surface area contributed by atoms with E-state index in [9.17, 15) is 60.4 Å². The molecule has 0 saturated carbocycles. The van der Waals surface area contributed by atoms with Gasteiger partial charge in [-0.25, -0.2) is 38.9 Å². The van der Waals surface area contributed by atoms with Gasteiger partial charge in [0.1, 0.15) is 49.4 Å². The van der Waals surface area contributed by atoms with Gasteiger partial charge >= 0.3 is 31.9 Å². The molecule has 8 rings (SSSR count). The number of esters is 2. The molecule has 0 unspecified atom stereocenters. The maximum Gasteiger partial charge on any atom is 0.646 e. The van der Waals surface area contributed by atoms with E-state index in [4.69, 9.17) is 42.8 Å². The van der Waals surface area contributed by atoms with Crippen molar-refractivity contribution in [3.63, 3.8) is 0 Å². The largest absolute Gasteiger partial charge is 0.646 e. The summed E-state index contributed by atoms with van der Waals surface area (Å²) in [5.74, 6) is -4.22. The minimum Gasteiger partial charge on any atom is -0.457 e. The molecule has 6 aliphatic rings. The number of carbonyl (C=O) groups excluding carboxylic acids is 6. The number of benzene rings is 2. The molecule has 0 radical (unpaired) electrons. The summed E-state index contributed by atoms with van der Waals surface area (Å²) in [5, 5.41) is 29.9. The van der Waals surface area contributed by atoms with Gasteiger partial charge in [-0.2, -0.15) is 34.0 Å². The number of β-lactam (4-membered cyclic amide) rings is 2. The number of ether oxygens (including phenoxy) is 4. The molecule has 6 heterocycles. The highest BCUT2D eigenvalue weighted by molar-refractivity contribution is 8.03. The fourth-order valence-corrected chi connectivity index (χ4v) is 15.0. The Morgan fingerprint density at radius 1 is 0.652 bits per heavy atom. The molecule has 0 aliphatic carbocycles. The lowest BCUT2D eigenvalue weighted by molar-refractivity contribution is -0.164. The van der Waals surface area contributed by atoms with Crippen molar-refractivity contribution < 1.29 is 92.9 Å². The molecule has 6 aliphatic heterocycles. The van der Waals surface area contributed by atoms with Crippen LogP contribution in [-0.4, -0.2) is 182 Å². The van der Waals surface area contributed by atoms with E-state index in [1.165, 1.54) is 62.6 Å². The molecule has 28 nitrogen and oxygen atoms in total. The lowest BCUT2D eigenvalue weighted by Gasteiger charge is -2.46. The maximum atomic E-state index is 13.9. The molecule has 4 saturated heterocycles. The molecule has 92 heavy (non-hydrogen) atoms. The first-order chi connectivity index (χ1) is 42.0. The predicted molar refractivity (Wildman–Crippen MR) is 349 cm³/mol. The van der Waals surface area contributed by atoms with Crippen molar-refractivity contribution in [2.75, 3.05) is 52.6 Å². The molecule has 2 aromatic rings. The summed E-state index contributed by atoms with van der Waals surface area (Å²) in [6.45, 7) is 21.2. The fraction of sp³-hybridized carbons (Fsp3) is 0.492. The summed E-state index contributed by atoms with van der Waals surface area (Å²) in [5.41, 5.74) is -0.0621. The van der Waals surface area contributed by atoms with Crippen molar-refractivity contribution in [3.8, 4) is 11.5 Å². The number of likely N-dealkylation sites (tertiary alicyclic amines) is 2. The number of thiol groups is 1. The normalized spacial score (nSPS) is 24.2. The van der Waals surface area contributed by atoms with E-state index < -0.39 is 100 Å². The Hall–Kier alpha value is -6.71. The molecule has 0 bridgehead atoms. The molecule has 0 aromatic heterocycles. The third kappa shape index (κ3) is 19.9. The van der Waals surface area contributed by atoms with Crippen molar-refractivity contribution in [3.05, 3.63) is 133 Å². The number of nitrogens with one attached hydrogen (secondary N) is 2. The minimum absolute atomic E-state index is 0. The Balaban J connectivity index is 0.000000373. The summed E-state index contributed by atoms with van der Waals surface area (Å²) in [4.78, 5) is 81.9. The van der Waals surface area contributed by atoms with E-state index in [0.29, 0.717) is 24.3 Å². The summed E-state index contributed by atoms with van der Waals surface area (Å²) in [6.07, 6.45) is 3.66.